The topological polar surface area (TPSA) is 64.6 Å². The maximum atomic E-state index is 12.0. The molecule has 0 bridgehead atoms. The molecule has 1 N–H and O–H groups in total. The molecular formula is C16H16ClNO4S. The van der Waals surface area contributed by atoms with Crippen molar-refractivity contribution in [3.8, 4) is 5.75 Å². The Labute approximate surface area is 143 Å². The Hall–Kier alpha value is -2.05. The van der Waals surface area contributed by atoms with Crippen LogP contribution in [0.1, 0.15) is 15.2 Å². The summed E-state index contributed by atoms with van der Waals surface area (Å²) in [7, 11) is 1.44. The molecule has 122 valence electrons. The molecule has 1 amide bonds. The molecule has 0 fully saturated rings. The van der Waals surface area contributed by atoms with Gasteiger partial charge in [0.1, 0.15) is 11.3 Å². The highest BCUT2D eigenvalue weighted by molar-refractivity contribution is 7.09. The van der Waals surface area contributed by atoms with E-state index in [4.69, 9.17) is 21.1 Å². The lowest BCUT2D eigenvalue weighted by molar-refractivity contribution is -0.124. The Balaban J connectivity index is 1.79. The number of benzene rings is 1. The van der Waals surface area contributed by atoms with Crippen molar-refractivity contribution in [1.82, 2.24) is 5.32 Å². The van der Waals surface area contributed by atoms with Gasteiger partial charge in [0.2, 0.25) is 0 Å². The van der Waals surface area contributed by atoms with Crippen LogP contribution in [0.2, 0.25) is 5.02 Å². The zero-order valence-electron chi connectivity index (χ0n) is 12.5. The molecule has 2 rings (SSSR count). The fourth-order valence-corrected chi connectivity index (χ4v) is 2.76. The van der Waals surface area contributed by atoms with E-state index in [9.17, 15) is 9.59 Å². The molecular weight excluding hydrogens is 338 g/mol. The number of carbonyl (C=O) groups excluding carboxylic acids is 2. The third-order valence-electron chi connectivity index (χ3n) is 2.99. The SMILES string of the molecule is COc1ccc(Cl)cc1C(=O)OCC(=O)NCCc1cccs1. The molecule has 23 heavy (non-hydrogen) atoms. The van der Waals surface area contributed by atoms with E-state index in [0.717, 1.165) is 6.42 Å². The molecule has 0 unspecified atom stereocenters. The first-order valence-electron chi connectivity index (χ1n) is 6.90. The fraction of sp³-hybridized carbons (Fsp3) is 0.250. The third-order valence-corrected chi connectivity index (χ3v) is 4.16. The lowest BCUT2D eigenvalue weighted by atomic mass is 10.2. The number of esters is 1. The van der Waals surface area contributed by atoms with Crippen molar-refractivity contribution in [3.63, 3.8) is 0 Å². The zero-order chi connectivity index (χ0) is 16.7. The van der Waals surface area contributed by atoms with E-state index in [1.54, 1.807) is 23.5 Å². The number of thiophene rings is 1. The number of nitrogens with one attached hydrogen (secondary N) is 1. The highest BCUT2D eigenvalue weighted by Crippen LogP contribution is 2.23. The Morgan fingerprint density at radius 2 is 2.13 bits per heavy atom. The van der Waals surface area contributed by atoms with Crippen LogP contribution in [0, 0.1) is 0 Å². The summed E-state index contributed by atoms with van der Waals surface area (Å²) in [5.41, 5.74) is 0.186. The van der Waals surface area contributed by atoms with Crippen LogP contribution in [0.4, 0.5) is 0 Å². The maximum absolute atomic E-state index is 12.0. The van der Waals surface area contributed by atoms with Gasteiger partial charge in [-0.05, 0) is 36.1 Å². The second-order valence-electron chi connectivity index (χ2n) is 4.60. The van der Waals surface area contributed by atoms with Crippen molar-refractivity contribution in [2.75, 3.05) is 20.3 Å². The van der Waals surface area contributed by atoms with Gasteiger partial charge in [-0.25, -0.2) is 4.79 Å². The van der Waals surface area contributed by atoms with Crippen LogP contribution >= 0.6 is 22.9 Å². The Kier molecular flexibility index (Phi) is 6.43. The summed E-state index contributed by atoms with van der Waals surface area (Å²) in [6.45, 7) is 0.149. The molecule has 1 aromatic heterocycles. The van der Waals surface area contributed by atoms with Crippen LogP contribution < -0.4 is 10.1 Å². The maximum Gasteiger partial charge on any atom is 0.342 e. The number of ether oxygens (including phenoxy) is 2. The minimum absolute atomic E-state index is 0.186. The van der Waals surface area contributed by atoms with Gasteiger partial charge in [-0.1, -0.05) is 17.7 Å². The van der Waals surface area contributed by atoms with Crippen LogP contribution in [-0.4, -0.2) is 32.1 Å². The molecule has 2 aromatic rings. The van der Waals surface area contributed by atoms with E-state index >= 15 is 0 Å². The van der Waals surface area contributed by atoms with Gasteiger partial charge in [-0.2, -0.15) is 0 Å². The van der Waals surface area contributed by atoms with Gasteiger partial charge < -0.3 is 14.8 Å². The van der Waals surface area contributed by atoms with Crippen molar-refractivity contribution in [2.24, 2.45) is 0 Å². The van der Waals surface area contributed by atoms with Crippen molar-refractivity contribution < 1.29 is 19.1 Å². The number of hydrogen-bond acceptors (Lipinski definition) is 5. The van der Waals surface area contributed by atoms with Gasteiger partial charge in [0.05, 0.1) is 7.11 Å². The van der Waals surface area contributed by atoms with Gasteiger partial charge in [0, 0.05) is 16.4 Å². The summed E-state index contributed by atoms with van der Waals surface area (Å²) >= 11 is 7.49. The number of halogens is 1. The number of amides is 1. The zero-order valence-corrected chi connectivity index (χ0v) is 14.1. The van der Waals surface area contributed by atoms with Gasteiger partial charge in [-0.3, -0.25) is 4.79 Å². The molecule has 7 heteroatoms. The number of methoxy groups -OCH3 is 1. The predicted molar refractivity (Wildman–Crippen MR) is 89.3 cm³/mol. The second-order valence-corrected chi connectivity index (χ2v) is 6.07. The molecule has 1 aromatic carbocycles. The second kappa shape index (κ2) is 8.55. The largest absolute Gasteiger partial charge is 0.496 e. The van der Waals surface area contributed by atoms with Crippen LogP contribution in [0.5, 0.6) is 5.75 Å². The van der Waals surface area contributed by atoms with Gasteiger partial charge in [0.15, 0.2) is 6.61 Å². The molecule has 5 nitrogen and oxygen atoms in total. The highest BCUT2D eigenvalue weighted by atomic mass is 35.5. The highest BCUT2D eigenvalue weighted by Gasteiger charge is 2.15. The average molecular weight is 354 g/mol. The summed E-state index contributed by atoms with van der Waals surface area (Å²) in [4.78, 5) is 24.9. The van der Waals surface area contributed by atoms with Crippen molar-refractivity contribution in [3.05, 3.63) is 51.2 Å². The first-order chi connectivity index (χ1) is 11.1. The smallest absolute Gasteiger partial charge is 0.342 e. The first kappa shape index (κ1) is 17.3. The Morgan fingerprint density at radius 1 is 1.30 bits per heavy atom. The van der Waals surface area contributed by atoms with Crippen LogP contribution in [0.15, 0.2) is 35.7 Å². The predicted octanol–water partition coefficient (Wildman–Crippen LogP) is 2.93. The van der Waals surface area contributed by atoms with Crippen molar-refractivity contribution in [2.45, 2.75) is 6.42 Å². The molecule has 0 spiro atoms. The van der Waals surface area contributed by atoms with Gasteiger partial charge in [-0.15, -0.1) is 11.3 Å². The van der Waals surface area contributed by atoms with Crippen molar-refractivity contribution in [1.29, 1.82) is 0 Å². The van der Waals surface area contributed by atoms with E-state index in [1.807, 2.05) is 17.5 Å². The summed E-state index contributed by atoms with van der Waals surface area (Å²) in [5.74, 6) is -0.661. The quantitative estimate of drug-likeness (QED) is 0.777. The molecule has 0 aliphatic rings. The van der Waals surface area contributed by atoms with Gasteiger partial charge >= 0.3 is 5.97 Å². The van der Waals surface area contributed by atoms with Crippen LogP contribution in [0.25, 0.3) is 0 Å². The average Bonchev–Trinajstić information content (AvgIpc) is 3.06. The lowest BCUT2D eigenvalue weighted by Crippen LogP contribution is -2.30. The minimum Gasteiger partial charge on any atom is -0.496 e. The Bertz CT molecular complexity index is 673. The lowest BCUT2D eigenvalue weighted by Gasteiger charge is -2.09. The van der Waals surface area contributed by atoms with E-state index < -0.39 is 5.97 Å². The minimum atomic E-state index is -0.655. The molecule has 1 heterocycles. The Morgan fingerprint density at radius 3 is 2.83 bits per heavy atom. The standard InChI is InChI=1S/C16H16ClNO4S/c1-21-14-5-4-11(17)9-13(14)16(20)22-10-15(19)18-7-6-12-3-2-8-23-12/h2-5,8-9H,6-7,10H2,1H3,(H,18,19). The summed E-state index contributed by atoms with van der Waals surface area (Å²) < 4.78 is 10.1. The van der Waals surface area contributed by atoms with E-state index in [2.05, 4.69) is 5.32 Å². The number of carbonyl (C=O) groups is 2. The van der Waals surface area contributed by atoms with Crippen molar-refractivity contribution >= 4 is 34.8 Å². The van der Waals surface area contributed by atoms with E-state index in [-0.39, 0.29) is 18.1 Å². The molecule has 0 radical (unpaired) electrons. The van der Waals surface area contributed by atoms with Gasteiger partial charge in [0.25, 0.3) is 5.91 Å². The molecule has 0 saturated heterocycles. The number of hydrogen-bond donors (Lipinski definition) is 1. The molecule has 0 aliphatic heterocycles. The number of rotatable bonds is 7. The monoisotopic (exact) mass is 353 g/mol. The molecule has 0 aliphatic carbocycles. The summed E-state index contributed by atoms with van der Waals surface area (Å²) in [6, 6.07) is 8.58. The normalized spacial score (nSPS) is 10.2. The van der Waals surface area contributed by atoms with E-state index in [1.165, 1.54) is 18.1 Å². The van der Waals surface area contributed by atoms with E-state index in [0.29, 0.717) is 17.3 Å². The molecule has 0 atom stereocenters. The summed E-state index contributed by atoms with van der Waals surface area (Å²) in [6.07, 6.45) is 0.749. The molecule has 0 saturated carbocycles. The van der Waals surface area contributed by atoms with Crippen LogP contribution in [0.3, 0.4) is 0 Å². The fourth-order valence-electron chi connectivity index (χ4n) is 1.88. The third kappa shape index (κ3) is 5.26. The first-order valence-corrected chi connectivity index (χ1v) is 8.15. The summed E-state index contributed by atoms with van der Waals surface area (Å²) in [5, 5.41) is 5.07. The van der Waals surface area contributed by atoms with Crippen LogP contribution in [-0.2, 0) is 16.0 Å².